The maximum Gasteiger partial charge on any atom is 0.147 e. The lowest BCUT2D eigenvalue weighted by atomic mass is 10.1. The molecule has 0 radical (unpaired) electrons. The molecular weight excluding hydrogens is 379 g/mol. The van der Waals surface area contributed by atoms with E-state index in [0.717, 1.165) is 26.9 Å². The van der Waals surface area contributed by atoms with Crippen LogP contribution in [0.2, 0.25) is 5.15 Å². The minimum absolute atomic E-state index is 0.481. The summed E-state index contributed by atoms with van der Waals surface area (Å²) in [5, 5.41) is 0.481. The molecule has 1 heterocycles. The van der Waals surface area contributed by atoms with Crippen LogP contribution in [0.15, 0.2) is 33.2 Å². The average Bonchev–Trinajstić information content (AvgIpc) is 2.36. The molecule has 0 amide bonds. The number of benzene rings is 1. The Morgan fingerprint density at radius 1 is 1.11 bits per heavy atom. The normalized spacial score (nSPS) is 10.7. The van der Waals surface area contributed by atoms with Gasteiger partial charge in [-0.15, -0.1) is 0 Å². The first-order valence-corrected chi connectivity index (χ1v) is 7.51. The highest BCUT2D eigenvalue weighted by atomic mass is 79.9. The molecule has 0 unspecified atom stereocenters. The van der Waals surface area contributed by atoms with Crippen LogP contribution in [0.25, 0.3) is 0 Å². The van der Waals surface area contributed by atoms with Crippen molar-refractivity contribution in [3.05, 3.63) is 55.4 Å². The van der Waals surface area contributed by atoms with Gasteiger partial charge < -0.3 is 0 Å². The Morgan fingerprint density at radius 3 is 2.39 bits per heavy atom. The maximum atomic E-state index is 6.08. The number of rotatable bonds is 3. The number of halogens is 3. The van der Waals surface area contributed by atoms with Crippen molar-refractivity contribution in [2.45, 2.75) is 19.8 Å². The van der Waals surface area contributed by atoms with Gasteiger partial charge in [-0.3, -0.25) is 0 Å². The summed E-state index contributed by atoms with van der Waals surface area (Å²) in [6.45, 7) is 2.05. The van der Waals surface area contributed by atoms with Crippen molar-refractivity contribution in [1.29, 1.82) is 0 Å². The second-order valence-corrected chi connectivity index (χ2v) is 5.91. The zero-order chi connectivity index (χ0) is 13.1. The molecule has 0 spiro atoms. The van der Waals surface area contributed by atoms with Gasteiger partial charge in [-0.1, -0.05) is 46.6 Å². The molecule has 2 aromatic rings. The van der Waals surface area contributed by atoms with Crippen molar-refractivity contribution in [2.75, 3.05) is 0 Å². The summed E-state index contributed by atoms with van der Waals surface area (Å²) in [5.74, 6) is 0.752. The Bertz CT molecular complexity index is 556. The second kappa shape index (κ2) is 6.13. The van der Waals surface area contributed by atoms with Gasteiger partial charge in [0.25, 0.3) is 0 Å². The molecule has 0 saturated heterocycles. The predicted molar refractivity (Wildman–Crippen MR) is 81.1 cm³/mol. The molecule has 2 rings (SSSR count). The minimum Gasteiger partial charge on any atom is -0.236 e. The van der Waals surface area contributed by atoms with Crippen LogP contribution >= 0.6 is 43.5 Å². The second-order valence-electron chi connectivity index (χ2n) is 3.85. The van der Waals surface area contributed by atoms with Crippen LogP contribution in [0.5, 0.6) is 0 Å². The van der Waals surface area contributed by atoms with Crippen molar-refractivity contribution in [1.82, 2.24) is 9.97 Å². The van der Waals surface area contributed by atoms with E-state index in [1.165, 1.54) is 5.56 Å². The molecule has 18 heavy (non-hydrogen) atoms. The number of aromatic nitrogens is 2. The standard InChI is InChI=1S/C13H11Br2ClN2/c1-2-10-12(15)13(16)18-11(17-10)7-8-3-5-9(14)6-4-8/h3-6H,2,7H2,1H3. The molecule has 0 bridgehead atoms. The third-order valence-electron chi connectivity index (χ3n) is 2.54. The SMILES string of the molecule is CCc1nc(Cc2ccc(Br)cc2)nc(Cl)c1Br. The molecule has 1 aromatic carbocycles. The zero-order valence-electron chi connectivity index (χ0n) is 9.75. The summed E-state index contributed by atoms with van der Waals surface area (Å²) in [4.78, 5) is 8.81. The molecule has 0 aliphatic heterocycles. The number of hydrogen-bond acceptors (Lipinski definition) is 2. The Hall–Kier alpha value is -0.450. The van der Waals surface area contributed by atoms with Crippen molar-refractivity contribution in [3.8, 4) is 0 Å². The molecule has 5 heteroatoms. The first kappa shape index (κ1) is 14.0. The van der Waals surface area contributed by atoms with E-state index in [1.54, 1.807) is 0 Å². The van der Waals surface area contributed by atoms with Gasteiger partial charge in [0.2, 0.25) is 0 Å². The van der Waals surface area contributed by atoms with Crippen molar-refractivity contribution in [2.24, 2.45) is 0 Å². The summed E-state index contributed by atoms with van der Waals surface area (Å²) in [6.07, 6.45) is 1.52. The molecule has 0 saturated carbocycles. The Balaban J connectivity index is 2.29. The largest absolute Gasteiger partial charge is 0.236 e. The van der Waals surface area contributed by atoms with Gasteiger partial charge in [0.15, 0.2) is 0 Å². The summed E-state index contributed by atoms with van der Waals surface area (Å²) in [5.41, 5.74) is 2.11. The van der Waals surface area contributed by atoms with Crippen molar-refractivity contribution in [3.63, 3.8) is 0 Å². The monoisotopic (exact) mass is 388 g/mol. The lowest BCUT2D eigenvalue weighted by Gasteiger charge is -2.06. The highest BCUT2D eigenvalue weighted by Crippen LogP contribution is 2.24. The topological polar surface area (TPSA) is 25.8 Å². The van der Waals surface area contributed by atoms with Gasteiger partial charge in [-0.25, -0.2) is 9.97 Å². The van der Waals surface area contributed by atoms with E-state index in [4.69, 9.17) is 11.6 Å². The Labute approximate surface area is 128 Å². The van der Waals surface area contributed by atoms with E-state index in [9.17, 15) is 0 Å². The molecule has 0 aliphatic carbocycles. The van der Waals surface area contributed by atoms with E-state index >= 15 is 0 Å². The van der Waals surface area contributed by atoms with Crippen LogP contribution in [0.1, 0.15) is 24.0 Å². The minimum atomic E-state index is 0.481. The van der Waals surface area contributed by atoms with E-state index in [1.807, 2.05) is 19.1 Å². The quantitative estimate of drug-likeness (QED) is 0.703. The lowest BCUT2D eigenvalue weighted by Crippen LogP contribution is -2.02. The van der Waals surface area contributed by atoms with Crippen molar-refractivity contribution < 1.29 is 0 Å². The summed E-state index contributed by atoms with van der Waals surface area (Å²) in [6, 6.07) is 8.12. The van der Waals surface area contributed by atoms with Gasteiger partial charge in [0, 0.05) is 10.9 Å². The van der Waals surface area contributed by atoms with Gasteiger partial charge in [-0.2, -0.15) is 0 Å². The molecule has 94 valence electrons. The maximum absolute atomic E-state index is 6.08. The molecular formula is C13H11Br2ClN2. The molecule has 0 atom stereocenters. The van der Waals surface area contributed by atoms with Crippen LogP contribution in [-0.2, 0) is 12.8 Å². The molecule has 2 nitrogen and oxygen atoms in total. The third-order valence-corrected chi connectivity index (χ3v) is 4.40. The third kappa shape index (κ3) is 3.31. The molecule has 1 aromatic heterocycles. The van der Waals surface area contributed by atoms with Gasteiger partial charge in [0.05, 0.1) is 10.2 Å². The number of aryl methyl sites for hydroxylation is 1. The van der Waals surface area contributed by atoms with Crippen LogP contribution in [0, 0.1) is 0 Å². The van der Waals surface area contributed by atoms with Crippen LogP contribution < -0.4 is 0 Å². The Kier molecular flexibility index (Phi) is 4.76. The first-order chi connectivity index (χ1) is 8.60. The van der Waals surface area contributed by atoms with Crippen LogP contribution in [0.4, 0.5) is 0 Å². The average molecular weight is 391 g/mol. The fourth-order valence-electron chi connectivity index (χ4n) is 1.61. The predicted octanol–water partition coefficient (Wildman–Crippen LogP) is 4.81. The lowest BCUT2D eigenvalue weighted by molar-refractivity contribution is 0.896. The van der Waals surface area contributed by atoms with Gasteiger partial charge in [-0.05, 0) is 40.0 Å². The number of nitrogens with zero attached hydrogens (tertiary/aromatic N) is 2. The summed E-state index contributed by atoms with van der Waals surface area (Å²) < 4.78 is 1.86. The Morgan fingerprint density at radius 2 is 1.78 bits per heavy atom. The van der Waals surface area contributed by atoms with Crippen LogP contribution in [-0.4, -0.2) is 9.97 Å². The zero-order valence-corrected chi connectivity index (χ0v) is 13.7. The number of hydrogen-bond donors (Lipinski definition) is 0. The van der Waals surface area contributed by atoms with Gasteiger partial charge in [0.1, 0.15) is 11.0 Å². The van der Waals surface area contributed by atoms with E-state index in [0.29, 0.717) is 11.6 Å². The first-order valence-electron chi connectivity index (χ1n) is 5.55. The summed E-state index contributed by atoms with van der Waals surface area (Å²) >= 11 is 12.9. The fraction of sp³-hybridized carbons (Fsp3) is 0.231. The van der Waals surface area contributed by atoms with Crippen molar-refractivity contribution >= 4 is 43.5 Å². The molecule has 0 fully saturated rings. The van der Waals surface area contributed by atoms with E-state index in [-0.39, 0.29) is 0 Å². The fourth-order valence-corrected chi connectivity index (χ4v) is 2.54. The highest BCUT2D eigenvalue weighted by Gasteiger charge is 2.09. The van der Waals surface area contributed by atoms with E-state index < -0.39 is 0 Å². The smallest absolute Gasteiger partial charge is 0.147 e. The molecule has 0 aliphatic rings. The van der Waals surface area contributed by atoms with E-state index in [2.05, 4.69) is 54.0 Å². The highest BCUT2D eigenvalue weighted by molar-refractivity contribution is 9.10. The summed E-state index contributed by atoms with van der Waals surface area (Å²) in [7, 11) is 0. The van der Waals surface area contributed by atoms with Crippen LogP contribution in [0.3, 0.4) is 0 Å². The molecule has 0 N–H and O–H groups in total. The van der Waals surface area contributed by atoms with Gasteiger partial charge >= 0.3 is 0 Å².